The maximum atomic E-state index is 5.89. The number of fused-ring (bicyclic) bond motifs is 3. The average Bonchev–Trinajstić information content (AvgIpc) is 2.72. The maximum Gasteiger partial charge on any atom is 0.273 e. The predicted octanol–water partition coefficient (Wildman–Crippen LogP) is 1.62. The van der Waals surface area contributed by atoms with Crippen LogP contribution in [0.3, 0.4) is 0 Å². The number of hydrogen-bond acceptors (Lipinski definition) is 4. The van der Waals surface area contributed by atoms with Gasteiger partial charge in [-0.3, -0.25) is 4.90 Å². The van der Waals surface area contributed by atoms with Gasteiger partial charge in [0.05, 0.1) is 0 Å². The summed E-state index contributed by atoms with van der Waals surface area (Å²) in [5, 5.41) is 2.81. The third kappa shape index (κ3) is 1.53. The van der Waals surface area contributed by atoms with E-state index < -0.39 is 0 Å². The molecule has 0 aliphatic carbocycles. The van der Waals surface area contributed by atoms with E-state index in [0.717, 1.165) is 17.7 Å². The van der Waals surface area contributed by atoms with Crippen LogP contribution in [0.5, 0.6) is 5.19 Å². The van der Waals surface area contributed by atoms with Gasteiger partial charge in [-0.05, 0) is 31.8 Å². The highest BCUT2D eigenvalue weighted by molar-refractivity contribution is 7.11. The molecule has 0 radical (unpaired) electrons. The first kappa shape index (κ1) is 8.68. The van der Waals surface area contributed by atoms with Crippen LogP contribution in [0.15, 0.2) is 11.6 Å². The Morgan fingerprint density at radius 1 is 1.43 bits per heavy atom. The summed E-state index contributed by atoms with van der Waals surface area (Å²) in [6.07, 6.45) is 4.80. The number of piperidine rings is 3. The van der Waals surface area contributed by atoms with Crippen molar-refractivity contribution < 1.29 is 4.74 Å². The standard InChI is InChI=1S/C10H14N2OS/c1-4-12-5-2-8(1)9(7-12)13-10-11-3-6-14-10/h3,6,8-9H,1-2,4-5,7H2/t9-/m0/s1. The molecule has 4 rings (SSSR count). The van der Waals surface area contributed by atoms with Crippen LogP contribution in [0, 0.1) is 5.92 Å². The van der Waals surface area contributed by atoms with Gasteiger partial charge in [-0.2, -0.15) is 0 Å². The number of thiazole rings is 1. The van der Waals surface area contributed by atoms with Crippen molar-refractivity contribution in [2.75, 3.05) is 19.6 Å². The molecule has 4 heteroatoms. The highest BCUT2D eigenvalue weighted by Gasteiger charge is 2.35. The molecular formula is C10H14N2OS. The minimum Gasteiger partial charge on any atom is -0.465 e. The molecule has 3 saturated heterocycles. The Balaban J connectivity index is 1.68. The van der Waals surface area contributed by atoms with Gasteiger partial charge in [-0.25, -0.2) is 4.98 Å². The van der Waals surface area contributed by atoms with Crippen molar-refractivity contribution in [2.24, 2.45) is 5.92 Å². The molecular weight excluding hydrogens is 196 g/mol. The van der Waals surface area contributed by atoms with Gasteiger partial charge in [0.25, 0.3) is 5.19 Å². The summed E-state index contributed by atoms with van der Waals surface area (Å²) >= 11 is 1.59. The fourth-order valence-corrected chi connectivity index (χ4v) is 2.98. The molecule has 0 aromatic carbocycles. The Labute approximate surface area is 87.7 Å². The van der Waals surface area contributed by atoms with E-state index in [0.29, 0.717) is 6.10 Å². The first-order chi connectivity index (χ1) is 6.92. The van der Waals surface area contributed by atoms with Gasteiger partial charge >= 0.3 is 0 Å². The van der Waals surface area contributed by atoms with E-state index in [1.54, 1.807) is 17.5 Å². The molecule has 0 unspecified atom stereocenters. The van der Waals surface area contributed by atoms with E-state index in [1.165, 1.54) is 25.9 Å². The predicted molar refractivity (Wildman–Crippen MR) is 55.7 cm³/mol. The van der Waals surface area contributed by atoms with Crippen LogP contribution in [0.4, 0.5) is 0 Å². The van der Waals surface area contributed by atoms with E-state index in [4.69, 9.17) is 4.74 Å². The minimum atomic E-state index is 0.392. The second-order valence-electron chi connectivity index (χ2n) is 4.09. The second-order valence-corrected chi connectivity index (χ2v) is 4.95. The normalized spacial score (nSPS) is 35.9. The van der Waals surface area contributed by atoms with Crippen molar-refractivity contribution in [3.63, 3.8) is 0 Å². The minimum absolute atomic E-state index is 0.392. The Hall–Kier alpha value is -0.610. The fourth-order valence-electron chi connectivity index (χ4n) is 2.44. The van der Waals surface area contributed by atoms with Gasteiger partial charge in [0.1, 0.15) is 6.10 Å². The summed E-state index contributed by atoms with van der Waals surface area (Å²) in [6, 6.07) is 0. The molecule has 0 N–H and O–H groups in total. The number of rotatable bonds is 2. The van der Waals surface area contributed by atoms with Crippen molar-refractivity contribution in [3.05, 3.63) is 11.6 Å². The third-order valence-electron chi connectivity index (χ3n) is 3.26. The molecule has 1 atom stereocenters. The molecule has 14 heavy (non-hydrogen) atoms. The molecule has 76 valence electrons. The van der Waals surface area contributed by atoms with Crippen LogP contribution in [-0.2, 0) is 0 Å². The van der Waals surface area contributed by atoms with Crippen molar-refractivity contribution in [2.45, 2.75) is 18.9 Å². The van der Waals surface area contributed by atoms with Gasteiger partial charge in [-0.15, -0.1) is 0 Å². The van der Waals surface area contributed by atoms with Gasteiger partial charge in [0.15, 0.2) is 0 Å². The number of aromatic nitrogens is 1. The number of hydrogen-bond donors (Lipinski definition) is 0. The quantitative estimate of drug-likeness (QED) is 0.741. The van der Waals surface area contributed by atoms with Crippen LogP contribution < -0.4 is 4.74 Å². The summed E-state index contributed by atoms with van der Waals surface area (Å²) in [5.74, 6) is 0.767. The lowest BCUT2D eigenvalue weighted by Gasteiger charge is -2.43. The van der Waals surface area contributed by atoms with Crippen molar-refractivity contribution in [1.82, 2.24) is 9.88 Å². The topological polar surface area (TPSA) is 25.4 Å². The molecule has 1 aromatic heterocycles. The summed E-state index contributed by atoms with van der Waals surface area (Å²) in [6.45, 7) is 3.63. The summed E-state index contributed by atoms with van der Waals surface area (Å²) in [7, 11) is 0. The number of ether oxygens (including phenoxy) is 1. The average molecular weight is 210 g/mol. The Kier molecular flexibility index (Phi) is 2.18. The lowest BCUT2D eigenvalue weighted by Crippen LogP contribution is -2.52. The smallest absolute Gasteiger partial charge is 0.273 e. The summed E-state index contributed by atoms with van der Waals surface area (Å²) in [5.41, 5.74) is 0. The molecule has 0 amide bonds. The van der Waals surface area contributed by atoms with Gasteiger partial charge in [0, 0.05) is 18.1 Å². The van der Waals surface area contributed by atoms with Crippen molar-refractivity contribution in [3.8, 4) is 5.19 Å². The van der Waals surface area contributed by atoms with Crippen LogP contribution in [-0.4, -0.2) is 35.6 Å². The Morgan fingerprint density at radius 3 is 2.86 bits per heavy atom. The lowest BCUT2D eigenvalue weighted by molar-refractivity contribution is -0.00785. The van der Waals surface area contributed by atoms with Crippen molar-refractivity contribution >= 4 is 11.3 Å². The zero-order chi connectivity index (χ0) is 9.38. The largest absolute Gasteiger partial charge is 0.465 e. The summed E-state index contributed by atoms with van der Waals surface area (Å²) in [4.78, 5) is 6.67. The van der Waals surface area contributed by atoms with E-state index >= 15 is 0 Å². The van der Waals surface area contributed by atoms with E-state index in [2.05, 4.69) is 9.88 Å². The zero-order valence-corrected chi connectivity index (χ0v) is 8.87. The molecule has 2 bridgehead atoms. The molecule has 0 spiro atoms. The lowest BCUT2D eigenvalue weighted by atomic mass is 9.86. The van der Waals surface area contributed by atoms with Gasteiger partial charge in [-0.1, -0.05) is 11.3 Å². The summed E-state index contributed by atoms with van der Waals surface area (Å²) < 4.78 is 5.89. The van der Waals surface area contributed by atoms with E-state index in [1.807, 2.05) is 5.38 Å². The van der Waals surface area contributed by atoms with Gasteiger partial charge < -0.3 is 4.74 Å². The molecule has 0 saturated carbocycles. The highest BCUT2D eigenvalue weighted by atomic mass is 32.1. The van der Waals surface area contributed by atoms with Crippen molar-refractivity contribution in [1.29, 1.82) is 0 Å². The number of nitrogens with zero attached hydrogens (tertiary/aromatic N) is 2. The van der Waals surface area contributed by atoms with Gasteiger partial charge in [0.2, 0.25) is 0 Å². The molecule has 1 aromatic rings. The molecule has 3 aliphatic rings. The molecule has 3 fully saturated rings. The Morgan fingerprint density at radius 2 is 2.29 bits per heavy atom. The van der Waals surface area contributed by atoms with Crippen LogP contribution in [0.2, 0.25) is 0 Å². The molecule has 3 nitrogen and oxygen atoms in total. The third-order valence-corrected chi connectivity index (χ3v) is 3.92. The highest BCUT2D eigenvalue weighted by Crippen LogP contribution is 2.31. The molecule has 3 aliphatic heterocycles. The van der Waals surface area contributed by atoms with Crippen LogP contribution in [0.1, 0.15) is 12.8 Å². The first-order valence-electron chi connectivity index (χ1n) is 5.20. The SMILES string of the molecule is c1csc(O[C@H]2CN3CCC2CC3)n1. The fraction of sp³-hybridized carbons (Fsp3) is 0.700. The second kappa shape index (κ2) is 3.51. The maximum absolute atomic E-state index is 5.89. The van der Waals surface area contributed by atoms with E-state index in [-0.39, 0.29) is 0 Å². The molecule has 4 heterocycles. The van der Waals surface area contributed by atoms with Crippen LogP contribution >= 0.6 is 11.3 Å². The zero-order valence-electron chi connectivity index (χ0n) is 8.06. The van der Waals surface area contributed by atoms with E-state index in [9.17, 15) is 0 Å². The Bertz CT molecular complexity index is 293. The van der Waals surface area contributed by atoms with Crippen LogP contribution in [0.25, 0.3) is 0 Å². The monoisotopic (exact) mass is 210 g/mol. The first-order valence-corrected chi connectivity index (χ1v) is 6.08.